The van der Waals surface area contributed by atoms with Crippen molar-refractivity contribution in [1.29, 1.82) is 0 Å². The van der Waals surface area contributed by atoms with Gasteiger partial charge in [-0.3, -0.25) is 9.78 Å². The number of aromatic nitrogens is 1. The van der Waals surface area contributed by atoms with E-state index >= 15 is 0 Å². The maximum absolute atomic E-state index is 12.2. The number of fused-ring (bicyclic) bond motifs is 1. The number of nitrogens with one attached hydrogen (secondary N) is 1. The van der Waals surface area contributed by atoms with Gasteiger partial charge in [0.05, 0.1) is 18.0 Å². The van der Waals surface area contributed by atoms with Gasteiger partial charge in [0.1, 0.15) is 6.10 Å². The lowest BCUT2D eigenvalue weighted by molar-refractivity contribution is -0.193. The number of piperidine rings is 1. The SMILES string of the molecule is CCN1CC[C@H]2C[C@H](C(=O)Nc3cccnc3)O[C@@H]2C1.O=C(O)C(F)(F)F.O=C(O)C(F)(F)F. The van der Waals surface area contributed by atoms with Crippen LogP contribution >= 0.6 is 0 Å². The zero-order valence-corrected chi connectivity index (χ0v) is 17.8. The average molecular weight is 503 g/mol. The third kappa shape index (κ3) is 9.91. The van der Waals surface area contributed by atoms with Gasteiger partial charge in [0, 0.05) is 12.7 Å². The summed E-state index contributed by atoms with van der Waals surface area (Å²) in [5.74, 6) is -5.03. The summed E-state index contributed by atoms with van der Waals surface area (Å²) in [6, 6.07) is 3.65. The normalized spacial score (nSPS) is 22.3. The fourth-order valence-electron chi connectivity index (χ4n) is 3.11. The van der Waals surface area contributed by atoms with Crippen molar-refractivity contribution in [2.45, 2.75) is 44.3 Å². The number of hydrogen-bond acceptors (Lipinski definition) is 6. The van der Waals surface area contributed by atoms with Crippen LogP contribution in [0.4, 0.5) is 32.0 Å². The number of rotatable bonds is 3. The summed E-state index contributed by atoms with van der Waals surface area (Å²) in [7, 11) is 0. The van der Waals surface area contributed by atoms with Crippen LogP contribution in [0.5, 0.6) is 0 Å². The number of amides is 1. The highest BCUT2D eigenvalue weighted by Crippen LogP contribution is 2.33. The predicted molar refractivity (Wildman–Crippen MR) is 104 cm³/mol. The van der Waals surface area contributed by atoms with Crippen molar-refractivity contribution in [3.8, 4) is 0 Å². The Morgan fingerprint density at radius 3 is 2.15 bits per heavy atom. The van der Waals surface area contributed by atoms with Crippen LogP contribution in [-0.4, -0.2) is 82.1 Å². The summed E-state index contributed by atoms with van der Waals surface area (Å²) in [4.78, 5) is 36.4. The molecule has 0 aromatic carbocycles. The molecule has 15 heteroatoms. The monoisotopic (exact) mass is 503 g/mol. The quantitative estimate of drug-likeness (QED) is 0.538. The molecule has 1 aromatic rings. The molecule has 2 aliphatic heterocycles. The number of hydrogen-bond donors (Lipinski definition) is 3. The minimum atomic E-state index is -5.08. The Labute approximate surface area is 189 Å². The van der Waals surface area contributed by atoms with Crippen LogP contribution in [0.3, 0.4) is 0 Å². The maximum atomic E-state index is 12.2. The van der Waals surface area contributed by atoms with Crippen molar-refractivity contribution in [2.24, 2.45) is 5.92 Å². The Morgan fingerprint density at radius 2 is 1.71 bits per heavy atom. The fraction of sp³-hybridized carbons (Fsp3) is 0.579. The first-order valence-electron chi connectivity index (χ1n) is 9.84. The van der Waals surface area contributed by atoms with Gasteiger partial charge in [0.15, 0.2) is 0 Å². The van der Waals surface area contributed by atoms with Gasteiger partial charge in [0.25, 0.3) is 5.91 Å². The number of carbonyl (C=O) groups excluding carboxylic acids is 1. The van der Waals surface area contributed by atoms with Crippen LogP contribution in [0.15, 0.2) is 24.5 Å². The number of likely N-dealkylation sites (tertiary alicyclic amines) is 1. The van der Waals surface area contributed by atoms with Crippen LogP contribution in [0, 0.1) is 5.92 Å². The fourth-order valence-corrected chi connectivity index (χ4v) is 3.11. The number of carbonyl (C=O) groups is 3. The number of likely N-dealkylation sites (N-methyl/N-ethyl adjacent to an activating group) is 1. The van der Waals surface area contributed by atoms with E-state index in [0.29, 0.717) is 5.92 Å². The van der Waals surface area contributed by atoms with E-state index in [-0.39, 0.29) is 18.1 Å². The summed E-state index contributed by atoms with van der Waals surface area (Å²) >= 11 is 0. The second kappa shape index (κ2) is 12.5. The Balaban J connectivity index is 0.000000343. The Hall–Kier alpha value is -2.94. The number of carboxylic acid groups (broad SMARTS) is 2. The van der Waals surface area contributed by atoms with Gasteiger partial charge in [-0.15, -0.1) is 0 Å². The molecule has 192 valence electrons. The first kappa shape index (κ1) is 29.1. The highest BCUT2D eigenvalue weighted by atomic mass is 19.4. The average Bonchev–Trinajstić information content (AvgIpc) is 3.17. The number of pyridine rings is 1. The van der Waals surface area contributed by atoms with Crippen molar-refractivity contribution in [3.05, 3.63) is 24.5 Å². The van der Waals surface area contributed by atoms with E-state index in [0.717, 1.165) is 38.2 Å². The van der Waals surface area contributed by atoms with Crippen molar-refractivity contribution >= 4 is 23.5 Å². The van der Waals surface area contributed by atoms with E-state index < -0.39 is 24.3 Å². The molecule has 0 radical (unpaired) electrons. The molecule has 2 fully saturated rings. The summed E-state index contributed by atoms with van der Waals surface area (Å²) < 4.78 is 69.4. The standard InChI is InChI=1S/C15H21N3O2.2C2HF3O2/c1-2-18-7-5-11-8-13(20-14(11)10-18)15(19)17-12-4-3-6-16-9-12;2*3-2(4,5)1(6)7/h3-4,6,9,11,13-14H,2,5,7-8,10H2,1H3,(H,17,19);2*(H,6,7)/t11-,13+,14+;;/m0../s1. The van der Waals surface area contributed by atoms with Crippen molar-refractivity contribution < 1.29 is 55.7 Å². The summed E-state index contributed by atoms with van der Waals surface area (Å²) in [6.45, 7) is 5.30. The molecule has 3 heterocycles. The molecule has 3 N–H and O–H groups in total. The topological polar surface area (TPSA) is 129 Å². The summed E-state index contributed by atoms with van der Waals surface area (Å²) in [5.41, 5.74) is 0.728. The van der Waals surface area contributed by atoms with E-state index in [1.165, 1.54) is 0 Å². The van der Waals surface area contributed by atoms with Gasteiger partial charge in [-0.2, -0.15) is 26.3 Å². The molecule has 2 aliphatic rings. The molecule has 0 aliphatic carbocycles. The van der Waals surface area contributed by atoms with Crippen LogP contribution in [-0.2, 0) is 19.1 Å². The predicted octanol–water partition coefficient (Wildman–Crippen LogP) is 2.79. The number of carboxylic acids is 2. The van der Waals surface area contributed by atoms with Gasteiger partial charge >= 0.3 is 24.3 Å². The van der Waals surface area contributed by atoms with Crippen LogP contribution in [0.25, 0.3) is 0 Å². The Morgan fingerprint density at radius 1 is 1.15 bits per heavy atom. The first-order valence-corrected chi connectivity index (χ1v) is 9.84. The summed E-state index contributed by atoms with van der Waals surface area (Å²) in [6.07, 6.45) is -4.95. The lowest BCUT2D eigenvalue weighted by Crippen LogP contribution is -2.42. The third-order valence-electron chi connectivity index (χ3n) is 4.79. The Bertz CT molecular complexity index is 797. The molecule has 0 saturated carbocycles. The smallest absolute Gasteiger partial charge is 0.475 e. The van der Waals surface area contributed by atoms with Gasteiger partial charge in [-0.25, -0.2) is 9.59 Å². The largest absolute Gasteiger partial charge is 0.490 e. The second-order valence-corrected chi connectivity index (χ2v) is 7.18. The van der Waals surface area contributed by atoms with Crippen molar-refractivity contribution in [3.63, 3.8) is 0 Å². The molecule has 9 nitrogen and oxygen atoms in total. The molecule has 0 unspecified atom stereocenters. The van der Waals surface area contributed by atoms with E-state index in [9.17, 15) is 31.1 Å². The van der Waals surface area contributed by atoms with Crippen molar-refractivity contribution in [1.82, 2.24) is 9.88 Å². The van der Waals surface area contributed by atoms with E-state index in [2.05, 4.69) is 22.1 Å². The number of aliphatic carboxylic acids is 2. The van der Waals surface area contributed by atoms with Crippen LogP contribution < -0.4 is 5.32 Å². The number of ether oxygens (including phenoxy) is 1. The van der Waals surface area contributed by atoms with E-state index in [1.807, 2.05) is 12.1 Å². The lowest BCUT2D eigenvalue weighted by Gasteiger charge is -2.33. The first-order chi connectivity index (χ1) is 15.6. The molecule has 0 spiro atoms. The van der Waals surface area contributed by atoms with Crippen LogP contribution in [0.2, 0.25) is 0 Å². The minimum Gasteiger partial charge on any atom is -0.475 e. The molecular formula is C19H23F6N3O6. The van der Waals surface area contributed by atoms with Gasteiger partial charge < -0.3 is 25.2 Å². The van der Waals surface area contributed by atoms with Crippen molar-refractivity contribution in [2.75, 3.05) is 25.0 Å². The van der Waals surface area contributed by atoms with E-state index in [1.54, 1.807) is 12.4 Å². The molecule has 3 rings (SSSR count). The van der Waals surface area contributed by atoms with Crippen LogP contribution in [0.1, 0.15) is 19.8 Å². The summed E-state index contributed by atoms with van der Waals surface area (Å²) in [5, 5.41) is 17.1. The number of nitrogens with zero attached hydrogens (tertiary/aromatic N) is 2. The second-order valence-electron chi connectivity index (χ2n) is 7.18. The molecule has 3 atom stereocenters. The number of halogens is 6. The zero-order chi connectivity index (χ0) is 26.1. The molecule has 0 bridgehead atoms. The molecule has 1 aromatic heterocycles. The zero-order valence-electron chi connectivity index (χ0n) is 17.8. The van der Waals surface area contributed by atoms with Gasteiger partial charge in [-0.05, 0) is 44.0 Å². The number of anilines is 1. The van der Waals surface area contributed by atoms with E-state index in [4.69, 9.17) is 24.5 Å². The minimum absolute atomic E-state index is 0.0459. The molecule has 1 amide bonds. The molecular weight excluding hydrogens is 480 g/mol. The highest BCUT2D eigenvalue weighted by Gasteiger charge is 2.41. The Kier molecular flexibility index (Phi) is 10.7. The molecule has 2 saturated heterocycles. The lowest BCUT2D eigenvalue weighted by atomic mass is 9.91. The third-order valence-corrected chi connectivity index (χ3v) is 4.79. The van der Waals surface area contributed by atoms with Gasteiger partial charge in [0.2, 0.25) is 0 Å². The maximum Gasteiger partial charge on any atom is 0.490 e. The number of alkyl halides is 6. The van der Waals surface area contributed by atoms with Gasteiger partial charge in [-0.1, -0.05) is 6.92 Å². The highest BCUT2D eigenvalue weighted by molar-refractivity contribution is 5.94. The molecule has 34 heavy (non-hydrogen) atoms.